The van der Waals surface area contributed by atoms with Crippen molar-refractivity contribution in [3.05, 3.63) is 0 Å². The molecule has 0 aliphatic rings. The predicted molar refractivity (Wildman–Crippen MR) is 43.9 cm³/mol. The van der Waals surface area contributed by atoms with E-state index in [1.165, 1.54) is 19.0 Å². The van der Waals surface area contributed by atoms with Crippen LogP contribution in [0, 0.1) is 0 Å². The molecule has 0 aliphatic carbocycles. The van der Waals surface area contributed by atoms with Crippen LogP contribution in [0.25, 0.3) is 0 Å². The highest BCUT2D eigenvalue weighted by atomic mass is 16.6. The van der Waals surface area contributed by atoms with Crippen LogP contribution in [-0.4, -0.2) is 37.7 Å². The quantitative estimate of drug-likeness (QED) is 0.630. The standard InChI is InChI=1S/C7H14N2O3/c1-4-5-8-6(10)12-7(11)9(2)3/h4-5H2,1-3H3,(H,8,10). The van der Waals surface area contributed by atoms with Crippen LogP contribution in [0.15, 0.2) is 0 Å². The second-order valence-electron chi connectivity index (χ2n) is 2.48. The Bertz CT molecular complexity index is 168. The lowest BCUT2D eigenvalue weighted by Gasteiger charge is -2.09. The van der Waals surface area contributed by atoms with E-state index in [1.807, 2.05) is 6.92 Å². The highest BCUT2D eigenvalue weighted by molar-refractivity contribution is 5.83. The number of amides is 2. The fourth-order valence-corrected chi connectivity index (χ4v) is 0.434. The number of nitrogens with zero attached hydrogens (tertiary/aromatic N) is 1. The van der Waals surface area contributed by atoms with E-state index in [2.05, 4.69) is 10.1 Å². The van der Waals surface area contributed by atoms with Crippen LogP contribution in [0.1, 0.15) is 13.3 Å². The molecule has 0 fully saturated rings. The summed E-state index contributed by atoms with van der Waals surface area (Å²) in [5, 5.41) is 2.41. The van der Waals surface area contributed by atoms with Crippen LogP contribution in [-0.2, 0) is 4.74 Å². The molecule has 70 valence electrons. The predicted octanol–water partition coefficient (Wildman–Crippen LogP) is 0.804. The van der Waals surface area contributed by atoms with Crippen LogP contribution in [0.4, 0.5) is 9.59 Å². The van der Waals surface area contributed by atoms with E-state index in [-0.39, 0.29) is 0 Å². The van der Waals surface area contributed by atoms with E-state index in [0.29, 0.717) is 6.54 Å². The number of carbonyl (C=O) groups excluding carboxylic acids is 2. The number of rotatable bonds is 2. The summed E-state index contributed by atoms with van der Waals surface area (Å²) in [6, 6.07) is 0. The molecule has 0 atom stereocenters. The fourth-order valence-electron chi connectivity index (χ4n) is 0.434. The van der Waals surface area contributed by atoms with Gasteiger partial charge >= 0.3 is 12.2 Å². The molecule has 0 unspecified atom stereocenters. The zero-order chi connectivity index (χ0) is 9.56. The van der Waals surface area contributed by atoms with Crippen molar-refractivity contribution in [3.63, 3.8) is 0 Å². The minimum atomic E-state index is -0.699. The smallest absolute Gasteiger partial charge is 0.359 e. The van der Waals surface area contributed by atoms with Crippen molar-refractivity contribution in [2.45, 2.75) is 13.3 Å². The number of alkyl carbamates (subject to hydrolysis) is 1. The lowest BCUT2D eigenvalue weighted by atomic mass is 10.5. The maximum Gasteiger partial charge on any atom is 0.418 e. The second-order valence-corrected chi connectivity index (χ2v) is 2.48. The summed E-state index contributed by atoms with van der Waals surface area (Å²) in [5.41, 5.74) is 0. The topological polar surface area (TPSA) is 58.6 Å². The SMILES string of the molecule is CCCNC(=O)OC(=O)N(C)C. The van der Waals surface area contributed by atoms with Gasteiger partial charge in [0.05, 0.1) is 0 Å². The zero-order valence-electron chi connectivity index (χ0n) is 7.59. The average Bonchev–Trinajstić information content (AvgIpc) is 2.00. The summed E-state index contributed by atoms with van der Waals surface area (Å²) in [6.07, 6.45) is -0.551. The van der Waals surface area contributed by atoms with Crippen molar-refractivity contribution in [1.82, 2.24) is 10.2 Å². The van der Waals surface area contributed by atoms with Gasteiger partial charge in [0.2, 0.25) is 0 Å². The van der Waals surface area contributed by atoms with E-state index >= 15 is 0 Å². The normalized spacial score (nSPS) is 8.92. The molecule has 0 aromatic rings. The fraction of sp³-hybridized carbons (Fsp3) is 0.714. The molecule has 0 rings (SSSR count). The lowest BCUT2D eigenvalue weighted by molar-refractivity contribution is 0.130. The third-order valence-electron chi connectivity index (χ3n) is 1.06. The third kappa shape index (κ3) is 4.54. The first-order valence-electron chi connectivity index (χ1n) is 3.75. The van der Waals surface area contributed by atoms with Crippen molar-refractivity contribution < 1.29 is 14.3 Å². The van der Waals surface area contributed by atoms with Gasteiger partial charge in [-0.25, -0.2) is 9.59 Å². The highest BCUT2D eigenvalue weighted by Gasteiger charge is 2.10. The van der Waals surface area contributed by atoms with E-state index < -0.39 is 12.2 Å². The number of carbonyl (C=O) groups is 2. The molecule has 2 amide bonds. The molecular formula is C7H14N2O3. The summed E-state index contributed by atoms with van der Waals surface area (Å²) in [5.74, 6) is 0. The molecule has 0 heterocycles. The first-order valence-corrected chi connectivity index (χ1v) is 3.75. The van der Waals surface area contributed by atoms with Crippen molar-refractivity contribution >= 4 is 12.2 Å². The van der Waals surface area contributed by atoms with Gasteiger partial charge in [-0.1, -0.05) is 6.92 Å². The van der Waals surface area contributed by atoms with Gasteiger partial charge in [0.25, 0.3) is 0 Å². The molecule has 12 heavy (non-hydrogen) atoms. The van der Waals surface area contributed by atoms with E-state index in [1.54, 1.807) is 0 Å². The Morgan fingerprint density at radius 3 is 2.42 bits per heavy atom. The lowest BCUT2D eigenvalue weighted by Crippen LogP contribution is -2.32. The maximum atomic E-state index is 10.8. The van der Waals surface area contributed by atoms with Crippen LogP contribution >= 0.6 is 0 Å². The largest absolute Gasteiger partial charge is 0.418 e. The van der Waals surface area contributed by atoms with Gasteiger partial charge in [0.1, 0.15) is 0 Å². The van der Waals surface area contributed by atoms with Gasteiger partial charge in [0, 0.05) is 20.6 Å². The monoisotopic (exact) mass is 174 g/mol. The zero-order valence-corrected chi connectivity index (χ0v) is 7.59. The molecular weight excluding hydrogens is 160 g/mol. The molecule has 5 nitrogen and oxygen atoms in total. The number of hydrogen-bond donors (Lipinski definition) is 1. The van der Waals surface area contributed by atoms with Crippen molar-refractivity contribution in [2.75, 3.05) is 20.6 Å². The van der Waals surface area contributed by atoms with Gasteiger partial charge in [-0.2, -0.15) is 0 Å². The van der Waals surface area contributed by atoms with Crippen LogP contribution in [0.3, 0.4) is 0 Å². The van der Waals surface area contributed by atoms with Gasteiger partial charge in [-0.05, 0) is 6.42 Å². The second kappa shape index (κ2) is 5.40. The molecule has 0 aromatic carbocycles. The Balaban J connectivity index is 3.62. The first kappa shape index (κ1) is 10.7. The summed E-state index contributed by atoms with van der Waals surface area (Å²) in [7, 11) is 3.02. The van der Waals surface area contributed by atoms with Gasteiger partial charge in [0.15, 0.2) is 0 Å². The third-order valence-corrected chi connectivity index (χ3v) is 1.06. The van der Waals surface area contributed by atoms with Crippen molar-refractivity contribution in [2.24, 2.45) is 0 Å². The summed E-state index contributed by atoms with van der Waals surface area (Å²) >= 11 is 0. The Hall–Kier alpha value is -1.26. The molecule has 0 aliphatic heterocycles. The number of ether oxygens (including phenoxy) is 1. The highest BCUT2D eigenvalue weighted by Crippen LogP contribution is 1.86. The number of nitrogens with one attached hydrogen (secondary N) is 1. The minimum Gasteiger partial charge on any atom is -0.359 e. The molecule has 0 saturated carbocycles. The van der Waals surface area contributed by atoms with Gasteiger partial charge in [-0.15, -0.1) is 0 Å². The molecule has 5 heteroatoms. The van der Waals surface area contributed by atoms with Crippen molar-refractivity contribution in [1.29, 1.82) is 0 Å². The molecule has 0 aromatic heterocycles. The van der Waals surface area contributed by atoms with E-state index in [9.17, 15) is 9.59 Å². The van der Waals surface area contributed by atoms with Crippen LogP contribution in [0.5, 0.6) is 0 Å². The summed E-state index contributed by atoms with van der Waals surface area (Å²) in [4.78, 5) is 22.7. The Morgan fingerprint density at radius 2 is 2.00 bits per heavy atom. The number of hydrogen-bond acceptors (Lipinski definition) is 3. The molecule has 0 bridgehead atoms. The summed E-state index contributed by atoms with van der Waals surface area (Å²) < 4.78 is 4.35. The van der Waals surface area contributed by atoms with Crippen LogP contribution in [0.2, 0.25) is 0 Å². The minimum absolute atomic E-state index is 0.513. The maximum absolute atomic E-state index is 10.8. The molecule has 0 spiro atoms. The van der Waals surface area contributed by atoms with E-state index in [0.717, 1.165) is 6.42 Å². The van der Waals surface area contributed by atoms with Gasteiger partial charge < -0.3 is 15.0 Å². The molecule has 1 N–H and O–H groups in total. The van der Waals surface area contributed by atoms with Gasteiger partial charge in [-0.3, -0.25) is 0 Å². The molecule has 0 radical (unpaired) electrons. The first-order chi connectivity index (χ1) is 5.57. The van der Waals surface area contributed by atoms with Crippen molar-refractivity contribution in [3.8, 4) is 0 Å². The summed E-state index contributed by atoms with van der Waals surface area (Å²) in [6.45, 7) is 2.42. The van der Waals surface area contributed by atoms with Crippen LogP contribution < -0.4 is 5.32 Å². The van der Waals surface area contributed by atoms with E-state index in [4.69, 9.17) is 0 Å². The Kier molecular flexibility index (Phi) is 4.83. The Morgan fingerprint density at radius 1 is 1.42 bits per heavy atom. The Labute approximate surface area is 71.7 Å². The molecule has 0 saturated heterocycles. The average molecular weight is 174 g/mol.